The van der Waals surface area contributed by atoms with Gasteiger partial charge in [-0.1, -0.05) is 19.3 Å². The minimum Gasteiger partial charge on any atom is -0.353 e. The third-order valence-electron chi connectivity index (χ3n) is 6.26. The Hall–Kier alpha value is -1.36. The summed E-state index contributed by atoms with van der Waals surface area (Å²) >= 11 is 1.66. The summed E-state index contributed by atoms with van der Waals surface area (Å²) in [4.78, 5) is 29.6. The van der Waals surface area contributed by atoms with E-state index < -0.39 is 0 Å². The third-order valence-corrected chi connectivity index (χ3v) is 7.48. The monoisotopic (exact) mass is 374 g/mol. The van der Waals surface area contributed by atoms with Gasteiger partial charge in [-0.05, 0) is 63.0 Å². The number of thiophene rings is 1. The first-order valence-electron chi connectivity index (χ1n) is 10.4. The number of hydrogen-bond donors (Lipinski definition) is 1. The molecule has 1 saturated heterocycles. The lowest BCUT2D eigenvalue weighted by molar-refractivity contribution is -0.126. The number of aryl methyl sites for hydroxylation is 1. The third kappa shape index (κ3) is 3.98. The van der Waals surface area contributed by atoms with Crippen LogP contribution >= 0.6 is 11.3 Å². The van der Waals surface area contributed by atoms with Crippen LogP contribution < -0.4 is 5.32 Å². The van der Waals surface area contributed by atoms with Gasteiger partial charge < -0.3 is 10.2 Å². The predicted molar refractivity (Wildman–Crippen MR) is 105 cm³/mol. The van der Waals surface area contributed by atoms with Crippen molar-refractivity contribution in [3.8, 4) is 0 Å². The second-order valence-corrected chi connectivity index (χ2v) is 9.33. The van der Waals surface area contributed by atoms with Gasteiger partial charge in [-0.25, -0.2) is 0 Å². The van der Waals surface area contributed by atoms with Crippen molar-refractivity contribution in [1.29, 1.82) is 0 Å². The highest BCUT2D eigenvalue weighted by molar-refractivity contribution is 7.14. The summed E-state index contributed by atoms with van der Waals surface area (Å²) in [6, 6.07) is 2.47. The fourth-order valence-corrected chi connectivity index (χ4v) is 5.85. The molecule has 0 radical (unpaired) electrons. The summed E-state index contributed by atoms with van der Waals surface area (Å²) in [6.07, 6.45) is 12.2. The maximum Gasteiger partial charge on any atom is 0.263 e. The lowest BCUT2D eigenvalue weighted by atomic mass is 9.87. The Morgan fingerprint density at radius 2 is 1.73 bits per heavy atom. The first-order valence-corrected chi connectivity index (χ1v) is 11.2. The van der Waals surface area contributed by atoms with E-state index in [0.717, 1.165) is 62.9 Å². The Bertz CT molecular complexity index is 657. The van der Waals surface area contributed by atoms with E-state index in [4.69, 9.17) is 0 Å². The predicted octanol–water partition coefficient (Wildman–Crippen LogP) is 3.93. The van der Waals surface area contributed by atoms with Crippen molar-refractivity contribution < 1.29 is 9.59 Å². The van der Waals surface area contributed by atoms with Gasteiger partial charge in [0.05, 0.1) is 4.88 Å². The van der Waals surface area contributed by atoms with Gasteiger partial charge >= 0.3 is 0 Å². The molecule has 1 aliphatic heterocycles. The minimum atomic E-state index is 0.0805. The SMILES string of the molecule is O=C(NC1CCCCC1)C1CCc2sc(C(=O)N3CCCCC3)cc2C1. The largest absolute Gasteiger partial charge is 0.353 e. The van der Waals surface area contributed by atoms with Crippen LogP contribution in [0.5, 0.6) is 0 Å². The molecule has 2 fully saturated rings. The number of fused-ring (bicyclic) bond motifs is 1. The zero-order valence-electron chi connectivity index (χ0n) is 15.6. The van der Waals surface area contributed by atoms with Crippen molar-refractivity contribution in [2.45, 2.75) is 76.7 Å². The molecule has 1 N–H and O–H groups in total. The molecule has 4 rings (SSSR count). The minimum absolute atomic E-state index is 0.0805. The van der Waals surface area contributed by atoms with Crippen LogP contribution in [0, 0.1) is 5.92 Å². The molecule has 0 spiro atoms. The summed E-state index contributed by atoms with van der Waals surface area (Å²) in [7, 11) is 0. The van der Waals surface area contributed by atoms with Crippen molar-refractivity contribution >= 4 is 23.2 Å². The normalized spacial score (nSPS) is 24.2. The van der Waals surface area contributed by atoms with Crippen molar-refractivity contribution in [3.05, 3.63) is 21.4 Å². The molecule has 0 bridgehead atoms. The number of hydrogen-bond acceptors (Lipinski definition) is 3. The van der Waals surface area contributed by atoms with Gasteiger partial charge in [-0.2, -0.15) is 0 Å². The molecule has 5 heteroatoms. The molecule has 0 aromatic carbocycles. The molecule has 1 unspecified atom stereocenters. The molecule has 2 amide bonds. The molecule has 1 aromatic heterocycles. The average Bonchev–Trinajstić information content (AvgIpc) is 3.12. The van der Waals surface area contributed by atoms with E-state index in [-0.39, 0.29) is 17.7 Å². The Morgan fingerprint density at radius 1 is 1.00 bits per heavy atom. The van der Waals surface area contributed by atoms with Crippen molar-refractivity contribution in [2.75, 3.05) is 13.1 Å². The van der Waals surface area contributed by atoms with E-state index in [1.807, 2.05) is 4.90 Å². The highest BCUT2D eigenvalue weighted by atomic mass is 32.1. The van der Waals surface area contributed by atoms with Crippen LogP contribution in [-0.4, -0.2) is 35.8 Å². The second-order valence-electron chi connectivity index (χ2n) is 8.20. The molecule has 1 atom stereocenters. The van der Waals surface area contributed by atoms with E-state index in [9.17, 15) is 9.59 Å². The highest BCUT2D eigenvalue weighted by Gasteiger charge is 2.30. The topological polar surface area (TPSA) is 49.4 Å². The van der Waals surface area contributed by atoms with Crippen molar-refractivity contribution in [2.24, 2.45) is 5.92 Å². The molecule has 1 saturated carbocycles. The van der Waals surface area contributed by atoms with Crippen LogP contribution in [-0.2, 0) is 17.6 Å². The van der Waals surface area contributed by atoms with Crippen LogP contribution in [0.25, 0.3) is 0 Å². The smallest absolute Gasteiger partial charge is 0.263 e. The molecule has 2 heterocycles. The number of carbonyl (C=O) groups is 2. The van der Waals surface area contributed by atoms with Gasteiger partial charge in [0.15, 0.2) is 0 Å². The van der Waals surface area contributed by atoms with Crippen LogP contribution in [0.3, 0.4) is 0 Å². The van der Waals surface area contributed by atoms with Gasteiger partial charge in [-0.3, -0.25) is 9.59 Å². The van der Waals surface area contributed by atoms with Crippen LogP contribution in [0.15, 0.2) is 6.07 Å². The van der Waals surface area contributed by atoms with Gasteiger partial charge in [0.2, 0.25) is 5.91 Å². The van der Waals surface area contributed by atoms with E-state index in [0.29, 0.717) is 6.04 Å². The first-order chi connectivity index (χ1) is 12.7. The number of carbonyl (C=O) groups excluding carboxylic acids is 2. The first kappa shape index (κ1) is 18.0. The van der Waals surface area contributed by atoms with E-state index in [1.54, 1.807) is 11.3 Å². The summed E-state index contributed by atoms with van der Waals surface area (Å²) in [6.45, 7) is 1.79. The Balaban J connectivity index is 1.38. The number of rotatable bonds is 3. The quantitative estimate of drug-likeness (QED) is 0.871. The van der Waals surface area contributed by atoms with E-state index >= 15 is 0 Å². The molecule has 2 aliphatic carbocycles. The van der Waals surface area contributed by atoms with Crippen LogP contribution in [0.2, 0.25) is 0 Å². The Labute approximate surface area is 160 Å². The van der Waals surface area contributed by atoms with Crippen LogP contribution in [0.1, 0.15) is 77.9 Å². The van der Waals surface area contributed by atoms with Gasteiger partial charge in [0.25, 0.3) is 5.91 Å². The maximum absolute atomic E-state index is 12.8. The molecular weight excluding hydrogens is 344 g/mol. The molecule has 3 aliphatic rings. The number of likely N-dealkylation sites (tertiary alicyclic amines) is 1. The summed E-state index contributed by atoms with van der Waals surface area (Å²) < 4.78 is 0. The fraction of sp³-hybridized carbons (Fsp3) is 0.714. The standard InChI is InChI=1S/C21H30N2O2S/c24-20(22-17-7-3-1-4-8-17)15-9-10-18-16(13-15)14-19(26-18)21(25)23-11-5-2-6-12-23/h14-15,17H,1-13H2,(H,22,24). The van der Waals surface area contributed by atoms with E-state index in [1.165, 1.54) is 36.1 Å². The fourth-order valence-electron chi connectivity index (χ4n) is 4.67. The van der Waals surface area contributed by atoms with Gasteiger partial charge in [0, 0.05) is 29.9 Å². The lowest BCUT2D eigenvalue weighted by Gasteiger charge is -2.27. The molecule has 4 nitrogen and oxygen atoms in total. The number of nitrogens with zero attached hydrogens (tertiary/aromatic N) is 1. The number of piperidine rings is 1. The van der Waals surface area contributed by atoms with Crippen molar-refractivity contribution in [1.82, 2.24) is 10.2 Å². The summed E-state index contributed by atoms with van der Waals surface area (Å²) in [5, 5.41) is 3.29. The van der Waals surface area contributed by atoms with Gasteiger partial charge in [0.1, 0.15) is 0 Å². The maximum atomic E-state index is 12.8. The van der Waals surface area contributed by atoms with Crippen LogP contribution in [0.4, 0.5) is 0 Å². The molecule has 1 aromatic rings. The average molecular weight is 375 g/mol. The number of nitrogens with one attached hydrogen (secondary N) is 1. The van der Waals surface area contributed by atoms with Gasteiger partial charge in [-0.15, -0.1) is 11.3 Å². The summed E-state index contributed by atoms with van der Waals surface area (Å²) in [5.74, 6) is 0.516. The lowest BCUT2D eigenvalue weighted by Crippen LogP contribution is -2.41. The zero-order chi connectivity index (χ0) is 17.9. The second kappa shape index (κ2) is 8.12. The molecular formula is C21H30N2O2S. The molecule has 26 heavy (non-hydrogen) atoms. The van der Waals surface area contributed by atoms with Crippen molar-refractivity contribution in [3.63, 3.8) is 0 Å². The Morgan fingerprint density at radius 3 is 2.50 bits per heavy atom. The summed E-state index contributed by atoms with van der Waals surface area (Å²) in [5.41, 5.74) is 1.24. The number of amides is 2. The van der Waals surface area contributed by atoms with E-state index in [2.05, 4.69) is 11.4 Å². The molecule has 142 valence electrons. The zero-order valence-corrected chi connectivity index (χ0v) is 16.4. The highest BCUT2D eigenvalue weighted by Crippen LogP contribution is 2.33. The Kier molecular flexibility index (Phi) is 5.63.